The number of ether oxygens (including phenoxy) is 1. The number of halogens is 3. The first-order valence-corrected chi connectivity index (χ1v) is 10.3. The highest BCUT2D eigenvalue weighted by molar-refractivity contribution is 7.10. The van der Waals surface area contributed by atoms with Crippen molar-refractivity contribution in [1.29, 1.82) is 0 Å². The summed E-state index contributed by atoms with van der Waals surface area (Å²) < 4.78 is 42.5. The van der Waals surface area contributed by atoms with E-state index < -0.39 is 11.8 Å². The van der Waals surface area contributed by atoms with Gasteiger partial charge in [-0.15, -0.1) is 24.5 Å². The molecule has 0 spiro atoms. The molecule has 1 unspecified atom stereocenters. The average Bonchev–Trinajstić information content (AvgIpc) is 3.06. The van der Waals surface area contributed by atoms with Crippen molar-refractivity contribution in [1.82, 2.24) is 4.98 Å². The van der Waals surface area contributed by atoms with Crippen molar-refractivity contribution in [3.8, 4) is 5.75 Å². The van der Waals surface area contributed by atoms with Gasteiger partial charge in [-0.2, -0.15) is 0 Å². The van der Waals surface area contributed by atoms with Crippen LogP contribution in [0.15, 0.2) is 41.0 Å². The number of fused-ring (bicyclic) bond motifs is 1. The van der Waals surface area contributed by atoms with Crippen LogP contribution in [0.5, 0.6) is 5.75 Å². The molecule has 8 heteroatoms. The molecule has 1 aromatic carbocycles. The Labute approximate surface area is 170 Å². The summed E-state index contributed by atoms with van der Waals surface area (Å²) in [5, 5.41) is 3.32. The van der Waals surface area contributed by atoms with Crippen molar-refractivity contribution in [2.75, 3.05) is 5.32 Å². The number of aromatic nitrogens is 1. The zero-order valence-electron chi connectivity index (χ0n) is 16.3. The number of alkyl halides is 3. The Kier molecular flexibility index (Phi) is 4.53. The number of carbonyl (C=O) groups excluding carboxylic acids is 1. The van der Waals surface area contributed by atoms with Crippen LogP contribution in [-0.4, -0.2) is 17.1 Å². The molecule has 0 amide bonds. The number of rotatable bonds is 3. The summed E-state index contributed by atoms with van der Waals surface area (Å²) >= 11 is 1.41. The molecular formula is C21H21F3N2O2S. The number of hydrogen-bond acceptors (Lipinski definition) is 5. The minimum Gasteiger partial charge on any atom is -0.406 e. The lowest BCUT2D eigenvalue weighted by Gasteiger charge is -2.44. The van der Waals surface area contributed by atoms with Gasteiger partial charge < -0.3 is 10.1 Å². The molecule has 4 rings (SSSR count). The lowest BCUT2D eigenvalue weighted by molar-refractivity contribution is -0.274. The van der Waals surface area contributed by atoms with E-state index in [1.165, 1.54) is 29.5 Å². The molecule has 1 aliphatic heterocycles. The second kappa shape index (κ2) is 6.58. The van der Waals surface area contributed by atoms with Gasteiger partial charge in [0, 0.05) is 17.7 Å². The van der Waals surface area contributed by atoms with Crippen LogP contribution >= 0.6 is 11.3 Å². The van der Waals surface area contributed by atoms with Crippen LogP contribution in [0.1, 0.15) is 50.5 Å². The number of thiazole rings is 1. The molecule has 2 heterocycles. The number of nitrogens with one attached hydrogen (secondary N) is 1. The lowest BCUT2D eigenvalue weighted by Crippen LogP contribution is -2.43. The third-order valence-corrected chi connectivity index (χ3v) is 6.61. The zero-order chi connectivity index (χ0) is 21.0. The monoisotopic (exact) mass is 422 g/mol. The van der Waals surface area contributed by atoms with E-state index in [1.54, 1.807) is 11.6 Å². The van der Waals surface area contributed by atoms with Gasteiger partial charge in [-0.3, -0.25) is 4.79 Å². The Bertz CT molecular complexity index is 1010. The molecule has 2 aliphatic rings. The third kappa shape index (κ3) is 3.33. The molecule has 0 fully saturated rings. The lowest BCUT2D eigenvalue weighted by atomic mass is 9.62. The maximum atomic E-state index is 13.3. The van der Waals surface area contributed by atoms with Crippen LogP contribution < -0.4 is 10.1 Å². The Morgan fingerprint density at radius 1 is 1.28 bits per heavy atom. The van der Waals surface area contributed by atoms with E-state index >= 15 is 0 Å². The van der Waals surface area contributed by atoms with E-state index in [2.05, 4.69) is 15.0 Å². The highest BCUT2D eigenvalue weighted by Gasteiger charge is 2.50. The van der Waals surface area contributed by atoms with E-state index in [-0.39, 0.29) is 16.9 Å². The fraction of sp³-hybridized carbons (Fsp3) is 0.429. The maximum absolute atomic E-state index is 13.3. The topological polar surface area (TPSA) is 51.2 Å². The van der Waals surface area contributed by atoms with Crippen LogP contribution in [0.3, 0.4) is 0 Å². The normalized spacial score (nSPS) is 23.3. The van der Waals surface area contributed by atoms with Crippen molar-refractivity contribution in [2.24, 2.45) is 5.41 Å². The number of allylic oxidation sites excluding steroid dienone is 2. The van der Waals surface area contributed by atoms with Crippen LogP contribution in [0.2, 0.25) is 0 Å². The van der Waals surface area contributed by atoms with Gasteiger partial charge in [0.2, 0.25) is 0 Å². The highest BCUT2D eigenvalue weighted by Crippen LogP contribution is 2.55. The van der Waals surface area contributed by atoms with Gasteiger partial charge in [0.15, 0.2) is 5.78 Å². The van der Waals surface area contributed by atoms with Gasteiger partial charge in [-0.25, -0.2) is 4.98 Å². The molecule has 1 atom stereocenters. The van der Waals surface area contributed by atoms with E-state index in [9.17, 15) is 18.0 Å². The molecule has 4 nitrogen and oxygen atoms in total. The number of anilines is 1. The fourth-order valence-electron chi connectivity index (χ4n) is 4.59. The SMILES string of the molecule is CCC1(c2cccc(OC(F)(F)F)c2)C2=C(CC(C)(C)CC2=O)Nc2ncsc21. The Morgan fingerprint density at radius 2 is 2.03 bits per heavy atom. The summed E-state index contributed by atoms with van der Waals surface area (Å²) in [7, 11) is 0. The van der Waals surface area contributed by atoms with Crippen LogP contribution in [0, 0.1) is 5.41 Å². The summed E-state index contributed by atoms with van der Waals surface area (Å²) in [6.45, 7) is 6.03. The summed E-state index contributed by atoms with van der Waals surface area (Å²) in [5.74, 6) is 0.396. The van der Waals surface area contributed by atoms with Crippen molar-refractivity contribution >= 4 is 22.9 Å². The summed E-state index contributed by atoms with van der Waals surface area (Å²) in [4.78, 5) is 18.6. The molecular weight excluding hydrogens is 401 g/mol. The Hall–Kier alpha value is -2.35. The van der Waals surface area contributed by atoms with Crippen LogP contribution in [0.25, 0.3) is 0 Å². The minimum absolute atomic E-state index is 0.0202. The molecule has 0 radical (unpaired) electrons. The quantitative estimate of drug-likeness (QED) is 0.679. The Balaban J connectivity index is 1.94. The smallest absolute Gasteiger partial charge is 0.406 e. The first-order chi connectivity index (χ1) is 13.6. The summed E-state index contributed by atoms with van der Waals surface area (Å²) in [6, 6.07) is 5.97. The van der Waals surface area contributed by atoms with Gasteiger partial charge in [0.1, 0.15) is 11.6 Å². The number of Topliss-reactive ketones (excluding diaryl/α,β-unsaturated/α-hetero) is 1. The molecule has 2 aromatic rings. The number of nitrogens with zero attached hydrogens (tertiary/aromatic N) is 1. The van der Waals surface area contributed by atoms with Crippen molar-refractivity contribution in [3.63, 3.8) is 0 Å². The molecule has 0 bridgehead atoms. The van der Waals surface area contributed by atoms with Gasteiger partial charge in [0.25, 0.3) is 0 Å². The van der Waals surface area contributed by atoms with Crippen molar-refractivity contribution in [3.05, 3.63) is 51.5 Å². The van der Waals surface area contributed by atoms with Gasteiger partial charge in [0.05, 0.1) is 15.8 Å². The molecule has 154 valence electrons. The average molecular weight is 422 g/mol. The van der Waals surface area contributed by atoms with Crippen LogP contribution in [0.4, 0.5) is 19.0 Å². The zero-order valence-corrected chi connectivity index (χ0v) is 17.1. The molecule has 0 saturated carbocycles. The standard InChI is InChI=1S/C21H21F3N2O2S/c1-4-20(12-6-5-7-13(8-12)28-21(22,23)24)16-14(9-19(2,3)10-15(16)27)26-18-17(20)29-11-25-18/h5-8,11,26H,4,9-10H2,1-3H3. The molecule has 29 heavy (non-hydrogen) atoms. The third-order valence-electron chi connectivity index (χ3n) is 5.62. The van der Waals surface area contributed by atoms with Gasteiger partial charge in [-0.05, 0) is 36.0 Å². The first kappa shape index (κ1) is 19.9. The van der Waals surface area contributed by atoms with Gasteiger partial charge in [-0.1, -0.05) is 32.9 Å². The fourth-order valence-corrected chi connectivity index (χ4v) is 5.64. The second-order valence-electron chi connectivity index (χ2n) is 8.28. The molecule has 0 saturated heterocycles. The number of benzene rings is 1. The predicted octanol–water partition coefficient (Wildman–Crippen LogP) is 5.81. The Morgan fingerprint density at radius 3 is 2.72 bits per heavy atom. The highest BCUT2D eigenvalue weighted by atomic mass is 32.1. The van der Waals surface area contributed by atoms with E-state index in [0.29, 0.717) is 36.2 Å². The number of ketones is 1. The van der Waals surface area contributed by atoms with Crippen molar-refractivity contribution < 1.29 is 22.7 Å². The van der Waals surface area contributed by atoms with Gasteiger partial charge >= 0.3 is 6.36 Å². The first-order valence-electron chi connectivity index (χ1n) is 9.40. The van der Waals surface area contributed by atoms with Crippen molar-refractivity contribution in [2.45, 2.75) is 51.8 Å². The summed E-state index contributed by atoms with van der Waals surface area (Å²) in [5.41, 5.74) is 2.71. The predicted molar refractivity (Wildman–Crippen MR) is 105 cm³/mol. The second-order valence-corrected chi connectivity index (χ2v) is 9.14. The summed E-state index contributed by atoms with van der Waals surface area (Å²) in [6.07, 6.45) is -3.20. The molecule has 1 aromatic heterocycles. The number of hydrogen-bond donors (Lipinski definition) is 1. The largest absolute Gasteiger partial charge is 0.573 e. The molecule has 1 aliphatic carbocycles. The number of carbonyl (C=O) groups is 1. The molecule has 1 N–H and O–H groups in total. The van der Waals surface area contributed by atoms with E-state index in [0.717, 1.165) is 10.6 Å². The van der Waals surface area contributed by atoms with E-state index in [1.807, 2.05) is 20.8 Å². The minimum atomic E-state index is -4.78. The maximum Gasteiger partial charge on any atom is 0.573 e. The van der Waals surface area contributed by atoms with E-state index in [4.69, 9.17) is 0 Å². The van der Waals surface area contributed by atoms with Crippen LogP contribution in [-0.2, 0) is 10.2 Å².